The lowest BCUT2D eigenvalue weighted by Crippen LogP contribution is -2.34. The van der Waals surface area contributed by atoms with E-state index in [-0.39, 0.29) is 5.82 Å². The van der Waals surface area contributed by atoms with Gasteiger partial charge in [0.2, 0.25) is 0 Å². The minimum Gasteiger partial charge on any atom is -0.303 e. The molecular formula is C27H29FN8. The van der Waals surface area contributed by atoms with Gasteiger partial charge in [0.15, 0.2) is 5.65 Å². The van der Waals surface area contributed by atoms with Crippen molar-refractivity contribution < 1.29 is 4.39 Å². The third-order valence-corrected chi connectivity index (χ3v) is 7.13. The van der Waals surface area contributed by atoms with Gasteiger partial charge in [-0.2, -0.15) is 20.4 Å². The van der Waals surface area contributed by atoms with Gasteiger partial charge < -0.3 is 4.90 Å². The fourth-order valence-corrected chi connectivity index (χ4v) is 5.19. The van der Waals surface area contributed by atoms with Crippen LogP contribution >= 0.6 is 0 Å². The fraction of sp³-hybridized carbons (Fsp3) is 0.370. The van der Waals surface area contributed by atoms with Crippen molar-refractivity contribution in [1.82, 2.24) is 39.5 Å². The van der Waals surface area contributed by atoms with E-state index in [2.05, 4.69) is 30.3 Å². The molecule has 0 bridgehead atoms. The average Bonchev–Trinajstić information content (AvgIpc) is 3.53. The average molecular weight is 485 g/mol. The Hall–Kier alpha value is -3.72. The van der Waals surface area contributed by atoms with Crippen molar-refractivity contribution in [3.63, 3.8) is 0 Å². The van der Waals surface area contributed by atoms with Crippen LogP contribution in [0.25, 0.3) is 27.8 Å². The molecule has 1 saturated heterocycles. The monoisotopic (exact) mass is 484 g/mol. The van der Waals surface area contributed by atoms with E-state index in [0.717, 1.165) is 68.0 Å². The van der Waals surface area contributed by atoms with E-state index in [1.807, 2.05) is 61.4 Å². The SMILES string of the molecule is Cc1cn2nc(-c3cc(F)c4cc(C5CCN(CCCn6cccn6)CC5)nnc4c3)cc(C)c2n1. The third kappa shape index (κ3) is 4.46. The number of rotatable bonds is 6. The Kier molecular flexibility index (Phi) is 5.92. The van der Waals surface area contributed by atoms with Gasteiger partial charge in [0.1, 0.15) is 5.82 Å². The largest absolute Gasteiger partial charge is 0.303 e. The Labute approximate surface area is 208 Å². The number of halogens is 1. The maximum absolute atomic E-state index is 15.3. The normalized spacial score (nSPS) is 15.3. The molecule has 0 unspecified atom stereocenters. The molecule has 4 aromatic heterocycles. The van der Waals surface area contributed by atoms with Crippen LogP contribution in [0.15, 0.2) is 48.9 Å². The van der Waals surface area contributed by atoms with Gasteiger partial charge >= 0.3 is 0 Å². The first-order valence-corrected chi connectivity index (χ1v) is 12.5. The molecule has 5 heterocycles. The predicted molar refractivity (Wildman–Crippen MR) is 136 cm³/mol. The summed E-state index contributed by atoms with van der Waals surface area (Å²) >= 11 is 0. The summed E-state index contributed by atoms with van der Waals surface area (Å²) < 4.78 is 19.0. The number of hydrogen-bond acceptors (Lipinski definition) is 6. The summed E-state index contributed by atoms with van der Waals surface area (Å²) in [6, 6.07) is 9.20. The Morgan fingerprint density at radius 1 is 1.03 bits per heavy atom. The second kappa shape index (κ2) is 9.39. The van der Waals surface area contributed by atoms with Crippen LogP contribution in [-0.4, -0.2) is 59.1 Å². The lowest BCUT2D eigenvalue weighted by atomic mass is 9.92. The molecule has 1 aliphatic heterocycles. The van der Waals surface area contributed by atoms with E-state index in [0.29, 0.717) is 28.1 Å². The van der Waals surface area contributed by atoms with E-state index in [1.54, 1.807) is 10.6 Å². The van der Waals surface area contributed by atoms with Crippen LogP contribution in [0.2, 0.25) is 0 Å². The summed E-state index contributed by atoms with van der Waals surface area (Å²) in [5.74, 6) is 0.00983. The number of hydrogen-bond donors (Lipinski definition) is 0. The molecule has 8 nitrogen and oxygen atoms in total. The minimum absolute atomic E-state index is 0.295. The quantitative estimate of drug-likeness (QED) is 0.352. The van der Waals surface area contributed by atoms with E-state index >= 15 is 4.39 Å². The molecule has 36 heavy (non-hydrogen) atoms. The second-order valence-electron chi connectivity index (χ2n) is 9.76. The van der Waals surface area contributed by atoms with Gasteiger partial charge in [-0.05, 0) is 88.6 Å². The minimum atomic E-state index is -0.295. The molecule has 184 valence electrons. The fourth-order valence-electron chi connectivity index (χ4n) is 5.19. The van der Waals surface area contributed by atoms with Crippen LogP contribution in [0.1, 0.15) is 42.1 Å². The molecule has 0 aliphatic carbocycles. The van der Waals surface area contributed by atoms with E-state index in [4.69, 9.17) is 0 Å². The molecule has 0 amide bonds. The smallest absolute Gasteiger partial charge is 0.156 e. The first-order chi connectivity index (χ1) is 17.5. The second-order valence-corrected chi connectivity index (χ2v) is 9.76. The highest BCUT2D eigenvalue weighted by Gasteiger charge is 2.23. The van der Waals surface area contributed by atoms with Crippen molar-refractivity contribution in [3.05, 3.63) is 71.7 Å². The summed E-state index contributed by atoms with van der Waals surface area (Å²) in [7, 11) is 0. The number of benzene rings is 1. The number of fused-ring (bicyclic) bond motifs is 2. The molecule has 5 aromatic rings. The summed E-state index contributed by atoms with van der Waals surface area (Å²) in [4.78, 5) is 6.99. The zero-order valence-electron chi connectivity index (χ0n) is 20.6. The summed E-state index contributed by atoms with van der Waals surface area (Å²) in [5.41, 5.74) is 5.49. The number of imidazole rings is 1. The maximum atomic E-state index is 15.3. The first-order valence-electron chi connectivity index (χ1n) is 12.5. The van der Waals surface area contributed by atoms with Gasteiger partial charge in [0.25, 0.3) is 0 Å². The van der Waals surface area contributed by atoms with Crippen LogP contribution in [0.3, 0.4) is 0 Å². The highest BCUT2D eigenvalue weighted by atomic mass is 19.1. The summed E-state index contributed by atoms with van der Waals surface area (Å²) in [6.07, 6.45) is 8.80. The predicted octanol–water partition coefficient (Wildman–Crippen LogP) is 4.56. The Bertz CT molecular complexity index is 1520. The standard InChI is InChI=1S/C27H29FN8/c1-18-13-25(33-36-17-19(2)30-27(18)36)21-14-23(28)22-16-24(31-32-26(22)15-21)20-5-11-34(12-6-20)8-4-10-35-9-3-7-29-35/h3,7,9,13-17,20H,4-6,8,10-12H2,1-2H3. The zero-order chi connectivity index (χ0) is 24.6. The van der Waals surface area contributed by atoms with Gasteiger partial charge in [-0.25, -0.2) is 13.9 Å². The Morgan fingerprint density at radius 2 is 1.89 bits per heavy atom. The van der Waals surface area contributed by atoms with Crippen molar-refractivity contribution in [2.45, 2.75) is 45.6 Å². The van der Waals surface area contributed by atoms with Crippen molar-refractivity contribution >= 4 is 16.6 Å². The Balaban J connectivity index is 1.17. The van der Waals surface area contributed by atoms with Gasteiger partial charge in [-0.3, -0.25) is 4.68 Å². The molecule has 6 rings (SSSR count). The lowest BCUT2D eigenvalue weighted by Gasteiger charge is -2.31. The van der Waals surface area contributed by atoms with E-state index in [1.165, 1.54) is 0 Å². The van der Waals surface area contributed by atoms with Gasteiger partial charge in [-0.15, -0.1) is 0 Å². The van der Waals surface area contributed by atoms with Crippen molar-refractivity contribution in [1.29, 1.82) is 0 Å². The molecule has 9 heteroatoms. The third-order valence-electron chi connectivity index (χ3n) is 7.13. The highest BCUT2D eigenvalue weighted by molar-refractivity contribution is 5.84. The number of piperidine rings is 1. The molecule has 1 aromatic carbocycles. The highest BCUT2D eigenvalue weighted by Crippen LogP contribution is 2.31. The number of aromatic nitrogens is 7. The molecule has 1 aliphatic rings. The molecule has 0 radical (unpaired) electrons. The Morgan fingerprint density at radius 3 is 2.69 bits per heavy atom. The molecule has 0 saturated carbocycles. The molecule has 1 fully saturated rings. The zero-order valence-corrected chi connectivity index (χ0v) is 20.6. The van der Waals surface area contributed by atoms with Crippen LogP contribution < -0.4 is 0 Å². The number of nitrogens with zero attached hydrogens (tertiary/aromatic N) is 8. The topological polar surface area (TPSA) is 77.0 Å². The van der Waals surface area contributed by atoms with Crippen LogP contribution in [0.4, 0.5) is 4.39 Å². The molecule has 0 N–H and O–H groups in total. The van der Waals surface area contributed by atoms with Crippen molar-refractivity contribution in [3.8, 4) is 11.3 Å². The molecular weight excluding hydrogens is 455 g/mol. The first kappa shape index (κ1) is 22.7. The van der Waals surface area contributed by atoms with E-state index < -0.39 is 0 Å². The number of aryl methyl sites for hydroxylation is 3. The van der Waals surface area contributed by atoms with Crippen molar-refractivity contribution in [2.75, 3.05) is 19.6 Å². The summed E-state index contributed by atoms with van der Waals surface area (Å²) in [6.45, 7) is 7.96. The lowest BCUT2D eigenvalue weighted by molar-refractivity contribution is 0.204. The van der Waals surface area contributed by atoms with Crippen LogP contribution in [0.5, 0.6) is 0 Å². The van der Waals surface area contributed by atoms with Crippen LogP contribution in [-0.2, 0) is 6.54 Å². The van der Waals surface area contributed by atoms with Gasteiger partial charge in [-0.1, -0.05) is 0 Å². The summed E-state index contributed by atoms with van der Waals surface area (Å²) in [5, 5.41) is 18.4. The van der Waals surface area contributed by atoms with Gasteiger partial charge in [0.05, 0.1) is 28.8 Å². The van der Waals surface area contributed by atoms with Crippen LogP contribution in [0, 0.1) is 19.7 Å². The molecule has 0 spiro atoms. The van der Waals surface area contributed by atoms with Crippen molar-refractivity contribution in [2.24, 2.45) is 0 Å². The maximum Gasteiger partial charge on any atom is 0.156 e. The van der Waals surface area contributed by atoms with E-state index in [9.17, 15) is 0 Å². The van der Waals surface area contributed by atoms with Gasteiger partial charge in [0, 0.05) is 35.8 Å². The molecule has 0 atom stereocenters. The number of likely N-dealkylation sites (tertiary alicyclic amines) is 1.